The lowest BCUT2D eigenvalue weighted by atomic mass is 9.92. The highest BCUT2D eigenvalue weighted by Gasteiger charge is 2.22. The van der Waals surface area contributed by atoms with Gasteiger partial charge in [0.2, 0.25) is 0 Å². The summed E-state index contributed by atoms with van der Waals surface area (Å²) in [7, 11) is 1.69. The molecule has 1 heterocycles. The Labute approximate surface area is 76.6 Å². The summed E-state index contributed by atoms with van der Waals surface area (Å²) in [5.74, 6) is 0. The van der Waals surface area contributed by atoms with Gasteiger partial charge in [0.1, 0.15) is 5.69 Å². The molecule has 0 atom stereocenters. The number of aryl methyl sites for hydroxylation is 1. The molecule has 0 saturated heterocycles. The molecule has 1 aromatic rings. The van der Waals surface area contributed by atoms with Crippen molar-refractivity contribution in [1.29, 1.82) is 0 Å². The second-order valence-corrected chi connectivity index (χ2v) is 4.13. The highest BCUT2D eigenvalue weighted by atomic mass is 19.3. The molecule has 0 N–H and O–H groups in total. The fourth-order valence-corrected chi connectivity index (χ4v) is 1.30. The SMILES string of the molecule is Cn1nc(C(F)F)cc1C(C)(C)C. The van der Waals surface area contributed by atoms with E-state index in [-0.39, 0.29) is 11.1 Å². The van der Waals surface area contributed by atoms with E-state index in [9.17, 15) is 8.78 Å². The number of alkyl halides is 2. The first-order chi connectivity index (χ1) is 5.82. The number of hydrogen-bond donors (Lipinski definition) is 0. The zero-order valence-electron chi connectivity index (χ0n) is 8.31. The molecule has 0 spiro atoms. The van der Waals surface area contributed by atoms with E-state index in [1.165, 1.54) is 10.7 Å². The van der Waals surface area contributed by atoms with Gasteiger partial charge in [-0.15, -0.1) is 0 Å². The van der Waals surface area contributed by atoms with E-state index in [1.54, 1.807) is 7.05 Å². The topological polar surface area (TPSA) is 17.8 Å². The summed E-state index contributed by atoms with van der Waals surface area (Å²) in [6, 6.07) is 1.46. The standard InChI is InChI=1S/C9H14F2N2/c1-9(2,3)7-5-6(8(10)11)12-13(7)4/h5,8H,1-4H3. The van der Waals surface area contributed by atoms with Gasteiger partial charge in [-0.3, -0.25) is 4.68 Å². The number of hydrogen-bond acceptors (Lipinski definition) is 1. The summed E-state index contributed by atoms with van der Waals surface area (Å²) >= 11 is 0. The summed E-state index contributed by atoms with van der Waals surface area (Å²) < 4.78 is 26.1. The molecule has 0 aliphatic carbocycles. The highest BCUT2D eigenvalue weighted by molar-refractivity contribution is 5.18. The van der Waals surface area contributed by atoms with Crippen LogP contribution in [0.25, 0.3) is 0 Å². The molecule has 0 bridgehead atoms. The third kappa shape index (κ3) is 2.05. The maximum atomic E-state index is 12.3. The number of aromatic nitrogens is 2. The van der Waals surface area contributed by atoms with Crippen LogP contribution in [0.2, 0.25) is 0 Å². The smallest absolute Gasteiger partial charge is 0.272 e. The van der Waals surface area contributed by atoms with Crippen LogP contribution >= 0.6 is 0 Å². The van der Waals surface area contributed by atoms with Gasteiger partial charge in [-0.05, 0) is 6.07 Å². The van der Waals surface area contributed by atoms with E-state index < -0.39 is 6.43 Å². The summed E-state index contributed by atoms with van der Waals surface area (Å²) in [6.45, 7) is 5.91. The van der Waals surface area contributed by atoms with Gasteiger partial charge in [0, 0.05) is 18.2 Å². The quantitative estimate of drug-likeness (QED) is 0.662. The molecule has 0 aromatic carbocycles. The van der Waals surface area contributed by atoms with Crippen molar-refractivity contribution in [3.8, 4) is 0 Å². The molecule has 1 rings (SSSR count). The second kappa shape index (κ2) is 3.09. The number of nitrogens with zero attached hydrogens (tertiary/aromatic N) is 2. The Hall–Kier alpha value is -0.930. The molecule has 0 saturated carbocycles. The monoisotopic (exact) mass is 188 g/mol. The average Bonchev–Trinajstić information content (AvgIpc) is 2.29. The first-order valence-electron chi connectivity index (χ1n) is 4.15. The van der Waals surface area contributed by atoms with Crippen molar-refractivity contribution in [3.05, 3.63) is 17.5 Å². The molecule has 0 radical (unpaired) electrons. The van der Waals surface area contributed by atoms with Gasteiger partial charge in [0.25, 0.3) is 6.43 Å². The molecule has 13 heavy (non-hydrogen) atoms. The third-order valence-electron chi connectivity index (χ3n) is 1.89. The normalized spacial score (nSPS) is 12.5. The zero-order valence-corrected chi connectivity index (χ0v) is 8.31. The van der Waals surface area contributed by atoms with Crippen molar-refractivity contribution in [1.82, 2.24) is 9.78 Å². The largest absolute Gasteiger partial charge is 0.282 e. The zero-order chi connectivity index (χ0) is 10.2. The summed E-state index contributed by atoms with van der Waals surface area (Å²) in [5, 5.41) is 3.74. The van der Waals surface area contributed by atoms with Crippen LogP contribution < -0.4 is 0 Å². The first kappa shape index (κ1) is 10.2. The Morgan fingerprint density at radius 3 is 2.15 bits per heavy atom. The molecular weight excluding hydrogens is 174 g/mol. The maximum Gasteiger partial charge on any atom is 0.282 e. The second-order valence-electron chi connectivity index (χ2n) is 4.13. The molecule has 0 aliphatic heterocycles. The van der Waals surface area contributed by atoms with E-state index in [2.05, 4.69) is 5.10 Å². The van der Waals surface area contributed by atoms with Crippen molar-refractivity contribution in [2.24, 2.45) is 7.05 Å². The van der Waals surface area contributed by atoms with Crippen LogP contribution in [0.5, 0.6) is 0 Å². The van der Waals surface area contributed by atoms with E-state index in [4.69, 9.17) is 0 Å². The summed E-state index contributed by atoms with van der Waals surface area (Å²) in [5.41, 5.74) is 0.532. The highest BCUT2D eigenvalue weighted by Crippen LogP contribution is 2.26. The Bertz CT molecular complexity index is 297. The van der Waals surface area contributed by atoms with Gasteiger partial charge in [-0.2, -0.15) is 5.10 Å². The predicted molar refractivity (Wildman–Crippen MR) is 46.9 cm³/mol. The van der Waals surface area contributed by atoms with Crippen molar-refractivity contribution in [3.63, 3.8) is 0 Å². The third-order valence-corrected chi connectivity index (χ3v) is 1.89. The van der Waals surface area contributed by atoms with Crippen LogP contribution in [0, 0.1) is 0 Å². The van der Waals surface area contributed by atoms with Crippen LogP contribution in [-0.2, 0) is 12.5 Å². The number of halogens is 2. The Kier molecular flexibility index (Phi) is 2.41. The van der Waals surface area contributed by atoms with Crippen LogP contribution in [0.15, 0.2) is 6.07 Å². The first-order valence-corrected chi connectivity index (χ1v) is 4.15. The van der Waals surface area contributed by atoms with Gasteiger partial charge >= 0.3 is 0 Å². The Morgan fingerprint density at radius 2 is 1.92 bits per heavy atom. The molecule has 2 nitrogen and oxygen atoms in total. The minimum atomic E-state index is -2.48. The van der Waals surface area contributed by atoms with Crippen molar-refractivity contribution in [2.75, 3.05) is 0 Å². The molecule has 74 valence electrons. The Balaban J connectivity index is 3.11. The molecule has 0 amide bonds. The molecule has 4 heteroatoms. The molecule has 1 aromatic heterocycles. The fourth-order valence-electron chi connectivity index (χ4n) is 1.30. The van der Waals surface area contributed by atoms with Gasteiger partial charge in [-0.25, -0.2) is 8.78 Å². The van der Waals surface area contributed by atoms with Gasteiger partial charge in [-0.1, -0.05) is 20.8 Å². The lowest BCUT2D eigenvalue weighted by Crippen LogP contribution is -2.16. The molecular formula is C9H14F2N2. The average molecular weight is 188 g/mol. The van der Waals surface area contributed by atoms with Crippen LogP contribution in [0.4, 0.5) is 8.78 Å². The summed E-state index contributed by atoms with van der Waals surface area (Å²) in [6.07, 6.45) is -2.48. The lowest BCUT2D eigenvalue weighted by Gasteiger charge is -2.17. The molecule has 0 unspecified atom stereocenters. The van der Waals surface area contributed by atoms with Gasteiger partial charge < -0.3 is 0 Å². The maximum absolute atomic E-state index is 12.3. The minimum Gasteiger partial charge on any atom is -0.272 e. The van der Waals surface area contributed by atoms with Crippen LogP contribution in [0.1, 0.15) is 38.6 Å². The Morgan fingerprint density at radius 1 is 1.38 bits per heavy atom. The van der Waals surface area contributed by atoms with E-state index in [0.29, 0.717) is 0 Å². The fraction of sp³-hybridized carbons (Fsp3) is 0.667. The van der Waals surface area contributed by atoms with Crippen LogP contribution in [0.3, 0.4) is 0 Å². The molecule has 0 fully saturated rings. The predicted octanol–water partition coefficient (Wildman–Crippen LogP) is 2.66. The lowest BCUT2D eigenvalue weighted by molar-refractivity contribution is 0.145. The van der Waals surface area contributed by atoms with Gasteiger partial charge in [0.15, 0.2) is 0 Å². The number of rotatable bonds is 1. The van der Waals surface area contributed by atoms with E-state index >= 15 is 0 Å². The summed E-state index contributed by atoms with van der Waals surface area (Å²) in [4.78, 5) is 0. The van der Waals surface area contributed by atoms with Crippen LogP contribution in [-0.4, -0.2) is 9.78 Å². The van der Waals surface area contributed by atoms with Crippen molar-refractivity contribution < 1.29 is 8.78 Å². The van der Waals surface area contributed by atoms with Gasteiger partial charge in [0.05, 0.1) is 0 Å². The van der Waals surface area contributed by atoms with E-state index in [1.807, 2.05) is 20.8 Å². The van der Waals surface area contributed by atoms with Crippen molar-refractivity contribution >= 4 is 0 Å². The minimum absolute atomic E-state index is 0.144. The van der Waals surface area contributed by atoms with E-state index in [0.717, 1.165) is 5.69 Å². The van der Waals surface area contributed by atoms with Crippen molar-refractivity contribution in [2.45, 2.75) is 32.6 Å². The molecule has 0 aliphatic rings.